The quantitative estimate of drug-likeness (QED) is 0.885. The molecule has 25 heavy (non-hydrogen) atoms. The minimum atomic E-state index is -2.85. The highest BCUT2D eigenvalue weighted by Crippen LogP contribution is 2.39. The SMILES string of the molecule is O=C(N[C@H]1CCN(c2ccccc2OC(F)F)C1)[C@@H]1C[C@H]2CC[C@H]1O2. The predicted molar refractivity (Wildman–Crippen MR) is 87.8 cm³/mol. The van der Waals surface area contributed by atoms with Gasteiger partial charge in [-0.3, -0.25) is 4.79 Å². The summed E-state index contributed by atoms with van der Waals surface area (Å²) < 4.78 is 35.5. The van der Waals surface area contributed by atoms with Gasteiger partial charge in [-0.25, -0.2) is 0 Å². The second kappa shape index (κ2) is 6.78. The van der Waals surface area contributed by atoms with Gasteiger partial charge in [0.15, 0.2) is 0 Å². The summed E-state index contributed by atoms with van der Waals surface area (Å²) in [7, 11) is 0. The molecule has 0 radical (unpaired) electrons. The number of carbonyl (C=O) groups is 1. The van der Waals surface area contributed by atoms with Crippen LogP contribution in [0, 0.1) is 5.92 Å². The van der Waals surface area contributed by atoms with Crippen LogP contribution in [0.3, 0.4) is 0 Å². The van der Waals surface area contributed by atoms with E-state index in [0.29, 0.717) is 18.8 Å². The summed E-state index contributed by atoms with van der Waals surface area (Å²) in [5.74, 6) is 0.199. The summed E-state index contributed by atoms with van der Waals surface area (Å²) in [5, 5.41) is 3.12. The molecular formula is C18H22F2N2O3. The minimum absolute atomic E-state index is 0.0197. The van der Waals surface area contributed by atoms with Gasteiger partial charge in [0.1, 0.15) is 5.75 Å². The number of para-hydroxylation sites is 2. The van der Waals surface area contributed by atoms with E-state index in [9.17, 15) is 13.6 Å². The Balaban J connectivity index is 1.36. The van der Waals surface area contributed by atoms with Crippen molar-refractivity contribution in [2.45, 2.75) is 50.5 Å². The van der Waals surface area contributed by atoms with Crippen LogP contribution in [0.15, 0.2) is 24.3 Å². The molecule has 136 valence electrons. The van der Waals surface area contributed by atoms with Crippen LogP contribution in [-0.4, -0.2) is 43.9 Å². The Bertz CT molecular complexity index is 643. The van der Waals surface area contributed by atoms with Crippen molar-refractivity contribution in [2.75, 3.05) is 18.0 Å². The highest BCUT2D eigenvalue weighted by atomic mass is 19.3. The number of hydrogen-bond donors (Lipinski definition) is 1. The molecule has 0 aliphatic carbocycles. The predicted octanol–water partition coefficient (Wildman–Crippen LogP) is 2.55. The van der Waals surface area contributed by atoms with E-state index in [1.807, 2.05) is 4.90 Å². The molecule has 1 aromatic rings. The first-order valence-corrected chi connectivity index (χ1v) is 8.85. The summed E-state index contributed by atoms with van der Waals surface area (Å²) in [5.41, 5.74) is 0.641. The van der Waals surface area contributed by atoms with Crippen molar-refractivity contribution in [1.29, 1.82) is 0 Å². The van der Waals surface area contributed by atoms with Gasteiger partial charge in [0.25, 0.3) is 0 Å². The average molecular weight is 352 g/mol. The van der Waals surface area contributed by atoms with Crippen LogP contribution in [0.1, 0.15) is 25.7 Å². The van der Waals surface area contributed by atoms with Crippen LogP contribution in [0.5, 0.6) is 5.75 Å². The fourth-order valence-electron chi connectivity index (χ4n) is 4.23. The maximum Gasteiger partial charge on any atom is 0.387 e. The number of benzene rings is 1. The van der Waals surface area contributed by atoms with Gasteiger partial charge in [-0.1, -0.05) is 12.1 Å². The van der Waals surface area contributed by atoms with Gasteiger partial charge in [-0.05, 0) is 37.8 Å². The fourth-order valence-corrected chi connectivity index (χ4v) is 4.23. The molecule has 0 spiro atoms. The van der Waals surface area contributed by atoms with Crippen LogP contribution in [0.25, 0.3) is 0 Å². The Hall–Kier alpha value is -1.89. The highest BCUT2D eigenvalue weighted by Gasteiger charge is 2.45. The average Bonchev–Trinajstić information content (AvgIpc) is 3.31. The number of nitrogens with zero attached hydrogens (tertiary/aromatic N) is 1. The number of anilines is 1. The number of alkyl halides is 2. The van der Waals surface area contributed by atoms with Gasteiger partial charge >= 0.3 is 6.61 Å². The number of amides is 1. The van der Waals surface area contributed by atoms with E-state index in [2.05, 4.69) is 10.1 Å². The van der Waals surface area contributed by atoms with Crippen molar-refractivity contribution in [3.05, 3.63) is 24.3 Å². The topological polar surface area (TPSA) is 50.8 Å². The molecule has 5 nitrogen and oxygen atoms in total. The van der Waals surface area contributed by atoms with Crippen LogP contribution in [-0.2, 0) is 9.53 Å². The second-order valence-electron chi connectivity index (χ2n) is 7.00. The normalized spacial score (nSPS) is 30.9. The van der Waals surface area contributed by atoms with Crippen LogP contribution in [0.2, 0.25) is 0 Å². The van der Waals surface area contributed by atoms with E-state index >= 15 is 0 Å². The third-order valence-electron chi connectivity index (χ3n) is 5.40. The molecule has 3 heterocycles. The molecule has 0 aromatic heterocycles. The van der Waals surface area contributed by atoms with E-state index in [4.69, 9.17) is 4.74 Å². The van der Waals surface area contributed by atoms with Gasteiger partial charge < -0.3 is 19.7 Å². The van der Waals surface area contributed by atoms with Crippen LogP contribution < -0.4 is 15.0 Å². The van der Waals surface area contributed by atoms with Crippen molar-refractivity contribution < 1.29 is 23.0 Å². The number of hydrogen-bond acceptors (Lipinski definition) is 4. The lowest BCUT2D eigenvalue weighted by Gasteiger charge is -2.23. The first-order valence-electron chi connectivity index (χ1n) is 8.85. The van der Waals surface area contributed by atoms with Crippen molar-refractivity contribution in [2.24, 2.45) is 5.92 Å². The summed E-state index contributed by atoms with van der Waals surface area (Å²) >= 11 is 0. The maximum absolute atomic E-state index is 12.6. The molecule has 4 atom stereocenters. The first kappa shape index (κ1) is 16.6. The molecular weight excluding hydrogens is 330 g/mol. The Morgan fingerprint density at radius 2 is 2.12 bits per heavy atom. The lowest BCUT2D eigenvalue weighted by Crippen LogP contribution is -2.43. The number of ether oxygens (including phenoxy) is 2. The molecule has 3 saturated heterocycles. The number of fused-ring (bicyclic) bond motifs is 2. The van der Waals surface area contributed by atoms with Gasteiger partial charge in [-0.2, -0.15) is 8.78 Å². The minimum Gasteiger partial charge on any atom is -0.433 e. The molecule has 3 aliphatic heterocycles. The number of halogens is 2. The molecule has 0 unspecified atom stereocenters. The summed E-state index contributed by atoms with van der Waals surface area (Å²) in [4.78, 5) is 14.5. The molecule has 2 bridgehead atoms. The molecule has 1 N–H and O–H groups in total. The third kappa shape index (κ3) is 3.42. The number of nitrogens with one attached hydrogen (secondary N) is 1. The summed E-state index contributed by atoms with van der Waals surface area (Å²) in [6.07, 6.45) is 3.96. The lowest BCUT2D eigenvalue weighted by molar-refractivity contribution is -0.127. The Morgan fingerprint density at radius 1 is 1.28 bits per heavy atom. The summed E-state index contributed by atoms with van der Waals surface area (Å²) in [6, 6.07) is 6.80. The Morgan fingerprint density at radius 3 is 2.84 bits per heavy atom. The number of carbonyl (C=O) groups excluding carboxylic acids is 1. The van der Waals surface area contributed by atoms with Gasteiger partial charge in [-0.15, -0.1) is 0 Å². The van der Waals surface area contributed by atoms with Crippen molar-refractivity contribution in [3.8, 4) is 5.75 Å². The largest absolute Gasteiger partial charge is 0.433 e. The fraction of sp³-hybridized carbons (Fsp3) is 0.611. The lowest BCUT2D eigenvalue weighted by atomic mass is 9.88. The van der Waals surface area contributed by atoms with E-state index < -0.39 is 6.61 Å². The standard InChI is InChI=1S/C18H22F2N2O3/c19-18(20)25-16-4-2-1-3-14(16)22-8-7-11(10-22)21-17(23)13-9-12-5-6-15(13)24-12/h1-4,11-13,15,18H,5-10H2,(H,21,23)/t11-,12+,13+,15+/m0/s1. The zero-order chi connectivity index (χ0) is 17.4. The Labute approximate surface area is 145 Å². The zero-order valence-corrected chi connectivity index (χ0v) is 13.9. The van der Waals surface area contributed by atoms with Gasteiger partial charge in [0.2, 0.25) is 5.91 Å². The molecule has 4 rings (SSSR count). The second-order valence-corrected chi connectivity index (χ2v) is 7.00. The van der Waals surface area contributed by atoms with E-state index in [0.717, 1.165) is 25.7 Å². The van der Waals surface area contributed by atoms with E-state index in [1.54, 1.807) is 24.3 Å². The molecule has 7 heteroatoms. The first-order chi connectivity index (χ1) is 12.1. The third-order valence-corrected chi connectivity index (χ3v) is 5.40. The molecule has 3 fully saturated rings. The van der Waals surface area contributed by atoms with Crippen LogP contribution in [0.4, 0.5) is 14.5 Å². The zero-order valence-electron chi connectivity index (χ0n) is 13.9. The van der Waals surface area contributed by atoms with Gasteiger partial charge in [0.05, 0.1) is 23.8 Å². The molecule has 1 amide bonds. The molecule has 0 saturated carbocycles. The summed E-state index contributed by atoms with van der Waals surface area (Å²) in [6.45, 7) is -1.56. The van der Waals surface area contributed by atoms with Gasteiger partial charge in [0, 0.05) is 19.1 Å². The molecule has 3 aliphatic rings. The van der Waals surface area contributed by atoms with Crippen molar-refractivity contribution in [1.82, 2.24) is 5.32 Å². The monoisotopic (exact) mass is 352 g/mol. The maximum atomic E-state index is 12.6. The van der Waals surface area contributed by atoms with Crippen LogP contribution >= 0.6 is 0 Å². The van der Waals surface area contributed by atoms with E-state index in [1.165, 1.54) is 0 Å². The highest BCUT2D eigenvalue weighted by molar-refractivity contribution is 5.80. The van der Waals surface area contributed by atoms with E-state index in [-0.39, 0.29) is 35.8 Å². The smallest absolute Gasteiger partial charge is 0.387 e. The van der Waals surface area contributed by atoms with Crippen molar-refractivity contribution >= 4 is 11.6 Å². The Kier molecular flexibility index (Phi) is 4.50. The number of rotatable bonds is 5. The molecule has 1 aromatic carbocycles. The van der Waals surface area contributed by atoms with Crippen molar-refractivity contribution in [3.63, 3.8) is 0 Å².